The molecule has 1 aromatic rings. The Morgan fingerprint density at radius 3 is 2.17 bits per heavy atom. The van der Waals surface area contributed by atoms with Crippen LogP contribution >= 0.6 is 0 Å². The number of nitrogens with zero attached hydrogens (tertiary/aromatic N) is 2. The van der Waals surface area contributed by atoms with Gasteiger partial charge in [-0.3, -0.25) is 9.98 Å². The van der Waals surface area contributed by atoms with Gasteiger partial charge in [0, 0.05) is 29.9 Å². The van der Waals surface area contributed by atoms with Crippen molar-refractivity contribution in [3.8, 4) is 0 Å². The third-order valence-electron chi connectivity index (χ3n) is 3.05. The van der Waals surface area contributed by atoms with Gasteiger partial charge in [-0.1, -0.05) is 16.0 Å². The predicted octanol–water partition coefficient (Wildman–Crippen LogP) is -0.688. The number of hydrogen-bond acceptors (Lipinski definition) is 5. The van der Waals surface area contributed by atoms with Gasteiger partial charge in [0.15, 0.2) is 0 Å². The van der Waals surface area contributed by atoms with Gasteiger partial charge in [-0.15, -0.1) is 6.07 Å². The molecule has 0 heterocycles. The van der Waals surface area contributed by atoms with Crippen LogP contribution < -0.4 is 27.6 Å². The maximum atomic E-state index is 6.01. The molecule has 0 fully saturated rings. The van der Waals surface area contributed by atoms with E-state index in [1.807, 2.05) is 6.92 Å². The minimum absolute atomic E-state index is 0. The fourth-order valence-electron chi connectivity index (χ4n) is 2.09. The molecule has 0 bridgehead atoms. The Labute approximate surface area is 128 Å². The minimum Gasteiger partial charge on any atom is -0.447 e. The Hall–Kier alpha value is -1.13. The molecule has 0 aliphatic heterocycles. The SMILES string of the molecule is C=Nc1[c-]c(N=C)c2c(c1N)=C(C)C(N)C=2N.[Np]. The predicted molar refractivity (Wildman–Crippen MR) is 72.0 cm³/mol. The summed E-state index contributed by atoms with van der Waals surface area (Å²) in [7, 11) is 0. The summed E-state index contributed by atoms with van der Waals surface area (Å²) in [5, 5.41) is 1.51. The number of nitrogens with two attached hydrogens (primary N) is 3. The summed E-state index contributed by atoms with van der Waals surface area (Å²) < 4.78 is 0. The Morgan fingerprint density at radius 2 is 1.67 bits per heavy atom. The van der Waals surface area contributed by atoms with Crippen molar-refractivity contribution in [2.24, 2.45) is 21.5 Å². The van der Waals surface area contributed by atoms with Crippen molar-refractivity contribution in [1.29, 1.82) is 0 Å². The van der Waals surface area contributed by atoms with Gasteiger partial charge in [0.25, 0.3) is 0 Å². The smallest absolute Gasteiger partial charge is 0.0532 e. The van der Waals surface area contributed by atoms with E-state index in [0.717, 1.165) is 16.0 Å². The number of fused-ring (bicyclic) bond motifs is 1. The molecule has 2 rings (SSSR count). The van der Waals surface area contributed by atoms with Crippen LogP contribution in [0.15, 0.2) is 9.98 Å². The van der Waals surface area contributed by atoms with Crippen LogP contribution in [0.25, 0.3) is 11.3 Å². The number of benzene rings is 1. The van der Waals surface area contributed by atoms with Gasteiger partial charge in [0.1, 0.15) is 0 Å². The zero-order valence-electron chi connectivity index (χ0n) is 10.1. The second-order valence-corrected chi connectivity index (χ2v) is 3.92. The monoisotopic (exact) mass is 464 g/mol. The van der Waals surface area contributed by atoms with Crippen molar-refractivity contribution in [3.05, 3.63) is 16.5 Å². The van der Waals surface area contributed by atoms with E-state index in [2.05, 4.69) is 29.5 Å². The molecule has 6 heteroatoms. The molecule has 0 saturated carbocycles. The van der Waals surface area contributed by atoms with Gasteiger partial charge in [0.05, 0.1) is 6.04 Å². The van der Waals surface area contributed by atoms with E-state index >= 15 is 0 Å². The van der Waals surface area contributed by atoms with Crippen LogP contribution in [0, 0.1) is 36.0 Å². The second kappa shape index (κ2) is 5.25. The fraction of sp³-hybridized carbons (Fsp3) is 0.167. The molecule has 1 unspecified atom stereocenters. The van der Waals surface area contributed by atoms with Gasteiger partial charge >= 0.3 is 0 Å². The maximum absolute atomic E-state index is 6.01. The molecule has 1 radical (unpaired) electrons. The number of aliphatic imine (C=N–C) groups is 2. The quantitative estimate of drug-likeness (QED) is 0.306. The molecule has 1 atom stereocenters. The van der Waals surface area contributed by atoms with E-state index in [1.165, 1.54) is 0 Å². The summed E-state index contributed by atoms with van der Waals surface area (Å²) in [6, 6.07) is 2.58. The summed E-state index contributed by atoms with van der Waals surface area (Å²) in [6.45, 7) is 8.84. The third kappa shape index (κ3) is 1.89. The molecule has 1 aliphatic carbocycles. The van der Waals surface area contributed by atoms with E-state index in [0.29, 0.717) is 22.8 Å². The number of nitrogen functional groups attached to an aromatic ring is 1. The molecular formula is C12H14N5Np-. The van der Waals surface area contributed by atoms with E-state index in [1.54, 1.807) is 0 Å². The van der Waals surface area contributed by atoms with Crippen LogP contribution in [-0.4, -0.2) is 19.5 Å². The molecule has 93 valence electrons. The van der Waals surface area contributed by atoms with Gasteiger partial charge in [0.2, 0.25) is 0 Å². The molecule has 6 N–H and O–H groups in total. The minimum atomic E-state index is -0.346. The third-order valence-corrected chi connectivity index (χ3v) is 3.05. The van der Waals surface area contributed by atoms with Crippen LogP contribution in [0.3, 0.4) is 0 Å². The fourth-order valence-corrected chi connectivity index (χ4v) is 2.09. The van der Waals surface area contributed by atoms with Crippen molar-refractivity contribution in [1.82, 2.24) is 0 Å². The topological polar surface area (TPSA) is 103 Å². The van der Waals surface area contributed by atoms with Crippen LogP contribution in [-0.2, 0) is 0 Å². The molecule has 0 spiro atoms. The average Bonchev–Trinajstić information content (AvgIpc) is 2.56. The molecule has 1 aliphatic rings. The van der Waals surface area contributed by atoms with Crippen molar-refractivity contribution >= 4 is 41.8 Å². The molecule has 0 amide bonds. The van der Waals surface area contributed by atoms with E-state index in [9.17, 15) is 0 Å². The van der Waals surface area contributed by atoms with Gasteiger partial charge < -0.3 is 17.2 Å². The number of anilines is 1. The first-order chi connectivity index (χ1) is 8.02. The van der Waals surface area contributed by atoms with Crippen LogP contribution in [0.1, 0.15) is 6.92 Å². The van der Waals surface area contributed by atoms with Gasteiger partial charge in [-0.05, 0) is 43.1 Å². The van der Waals surface area contributed by atoms with Crippen molar-refractivity contribution in [2.75, 3.05) is 5.73 Å². The maximum Gasteiger partial charge on any atom is 0.0532 e. The van der Waals surface area contributed by atoms with E-state index < -0.39 is 0 Å². The number of hydrogen-bond donors (Lipinski definition) is 3. The first-order valence-corrected chi connectivity index (χ1v) is 5.07. The summed E-state index contributed by atoms with van der Waals surface area (Å²) in [5.41, 5.74) is 20.9. The van der Waals surface area contributed by atoms with E-state index in [4.69, 9.17) is 17.2 Å². The molecule has 5 nitrogen and oxygen atoms in total. The van der Waals surface area contributed by atoms with Crippen molar-refractivity contribution in [3.63, 3.8) is 0 Å². The zero-order chi connectivity index (χ0) is 12.7. The summed E-state index contributed by atoms with van der Waals surface area (Å²) in [5.74, 6) is 0. The van der Waals surface area contributed by atoms with Crippen molar-refractivity contribution in [2.45, 2.75) is 13.0 Å². The van der Waals surface area contributed by atoms with Crippen molar-refractivity contribution < 1.29 is 29.9 Å². The molecule has 1 aromatic carbocycles. The molecular weight excluding hydrogens is 451 g/mol. The Kier molecular flexibility index (Phi) is 4.35. The van der Waals surface area contributed by atoms with Gasteiger partial charge in [-0.25, -0.2) is 0 Å². The van der Waals surface area contributed by atoms with Crippen LogP contribution in [0.2, 0.25) is 0 Å². The summed E-state index contributed by atoms with van der Waals surface area (Å²) in [6.07, 6.45) is 0. The largest absolute Gasteiger partial charge is 0.447 e. The standard InChI is InChI=1S/C12H14N5.Np/c1-5-8-9(12(15)10(5)13)6(16-2)4-7(17-3)11(8)14;/h10H,2-3,13-15H2,1H3;/q-1;. The zero-order valence-corrected chi connectivity index (χ0v) is 13.8. The molecule has 0 saturated heterocycles. The Balaban J connectivity index is 0.00000162. The number of rotatable bonds is 2. The first-order valence-electron chi connectivity index (χ1n) is 5.07. The summed E-state index contributed by atoms with van der Waals surface area (Å²) in [4.78, 5) is 7.71. The Morgan fingerprint density at radius 1 is 1.11 bits per heavy atom. The molecule has 18 heavy (non-hydrogen) atoms. The van der Waals surface area contributed by atoms with Crippen LogP contribution in [0.5, 0.6) is 0 Å². The first kappa shape index (κ1) is 14.9. The van der Waals surface area contributed by atoms with E-state index in [-0.39, 0.29) is 36.0 Å². The Bertz CT molecular complexity index is 647. The summed E-state index contributed by atoms with van der Waals surface area (Å²) >= 11 is 0. The van der Waals surface area contributed by atoms with Crippen LogP contribution in [0.4, 0.5) is 17.1 Å². The van der Waals surface area contributed by atoms with Gasteiger partial charge in [-0.2, -0.15) is 0 Å². The normalized spacial score (nSPS) is 17.1. The average molecular weight is 465 g/mol. The second-order valence-electron chi connectivity index (χ2n) is 3.92. The molecule has 0 aromatic heterocycles.